The number of nitro benzene ring substituents is 1. The fraction of sp³-hybridized carbons (Fsp3) is 0.400. The van der Waals surface area contributed by atoms with Gasteiger partial charge in [-0.3, -0.25) is 10.1 Å². The van der Waals surface area contributed by atoms with Crippen molar-refractivity contribution < 1.29 is 27.9 Å². The molecule has 2 aliphatic rings. The maximum Gasteiger partial charge on any atom is 0.289 e. The number of aliphatic hydroxyl groups is 2. The Balaban J connectivity index is 1.84. The number of halogens is 1. The highest BCUT2D eigenvalue weighted by molar-refractivity contribution is 7.89. The van der Waals surface area contributed by atoms with E-state index in [1.807, 2.05) is 0 Å². The summed E-state index contributed by atoms with van der Waals surface area (Å²) in [6, 6.07) is 8.61. The molecule has 30 heavy (non-hydrogen) atoms. The van der Waals surface area contributed by atoms with Crippen molar-refractivity contribution in [2.45, 2.75) is 42.4 Å². The quantitative estimate of drug-likeness (QED) is 0.560. The molecule has 0 unspecified atom stereocenters. The maximum atomic E-state index is 14.0. The zero-order valence-electron chi connectivity index (χ0n) is 15.9. The normalized spacial score (nSPS) is 25.2. The molecule has 1 heterocycles. The van der Waals surface area contributed by atoms with E-state index in [0.717, 1.165) is 28.9 Å². The van der Waals surface area contributed by atoms with Gasteiger partial charge in [0.05, 0.1) is 4.92 Å². The minimum absolute atomic E-state index is 0.225. The number of para-hydroxylation sites is 1. The fourth-order valence-electron chi connectivity index (χ4n) is 4.34. The van der Waals surface area contributed by atoms with E-state index < -0.39 is 49.6 Å². The van der Waals surface area contributed by atoms with E-state index in [1.165, 1.54) is 24.3 Å². The maximum absolute atomic E-state index is 14.0. The van der Waals surface area contributed by atoms with Gasteiger partial charge in [0.15, 0.2) is 4.90 Å². The van der Waals surface area contributed by atoms with Gasteiger partial charge >= 0.3 is 0 Å². The Morgan fingerprint density at radius 2 is 1.90 bits per heavy atom. The van der Waals surface area contributed by atoms with Crippen LogP contribution in [0.3, 0.4) is 0 Å². The Kier molecular flexibility index (Phi) is 5.13. The summed E-state index contributed by atoms with van der Waals surface area (Å²) in [5, 5.41) is 33.8. The molecule has 10 heteroatoms. The van der Waals surface area contributed by atoms with Crippen molar-refractivity contribution in [3.8, 4) is 0 Å². The van der Waals surface area contributed by atoms with Crippen molar-refractivity contribution in [2.75, 3.05) is 6.54 Å². The van der Waals surface area contributed by atoms with Gasteiger partial charge in [-0.2, -0.15) is 4.31 Å². The first-order valence-corrected chi connectivity index (χ1v) is 11.0. The Labute approximate surface area is 172 Å². The molecule has 2 N–H and O–H groups in total. The fourth-order valence-corrected chi connectivity index (χ4v) is 5.92. The largest absolute Gasteiger partial charge is 0.388 e. The minimum atomic E-state index is -4.42. The molecule has 0 spiro atoms. The van der Waals surface area contributed by atoms with E-state index in [-0.39, 0.29) is 18.0 Å². The number of nitro groups is 1. The Morgan fingerprint density at radius 3 is 2.53 bits per heavy atom. The van der Waals surface area contributed by atoms with Gasteiger partial charge in [0.25, 0.3) is 5.69 Å². The van der Waals surface area contributed by atoms with Crippen LogP contribution in [0.4, 0.5) is 10.1 Å². The van der Waals surface area contributed by atoms with Crippen LogP contribution in [0, 0.1) is 21.8 Å². The first-order valence-electron chi connectivity index (χ1n) is 9.58. The van der Waals surface area contributed by atoms with Crippen molar-refractivity contribution in [3.05, 3.63) is 69.5 Å². The number of hydrogen-bond acceptors (Lipinski definition) is 6. The molecule has 0 aromatic heterocycles. The first-order chi connectivity index (χ1) is 14.2. The number of rotatable bonds is 4. The lowest BCUT2D eigenvalue weighted by Gasteiger charge is -2.44. The van der Waals surface area contributed by atoms with Gasteiger partial charge in [0.1, 0.15) is 17.5 Å². The van der Waals surface area contributed by atoms with Crippen molar-refractivity contribution >= 4 is 15.7 Å². The predicted octanol–water partition coefficient (Wildman–Crippen LogP) is 2.29. The van der Waals surface area contributed by atoms with Crippen LogP contribution in [0.5, 0.6) is 0 Å². The average Bonchev–Trinajstić information content (AvgIpc) is 2.75. The van der Waals surface area contributed by atoms with Gasteiger partial charge in [0, 0.05) is 19.2 Å². The van der Waals surface area contributed by atoms with Gasteiger partial charge in [-0.15, -0.1) is 0 Å². The number of aliphatic hydroxyl groups excluding tert-OH is 1. The monoisotopic (exact) mass is 436 g/mol. The summed E-state index contributed by atoms with van der Waals surface area (Å²) in [6.07, 6.45) is 0.698. The SMILES string of the molecule is O=[N+]([O-])c1ccccc1S(=O)(=O)N1Cc2cc(F)ccc2[C@](O)(C2CCC2)[C@@H](O)C1. The molecule has 0 radical (unpaired) electrons. The highest BCUT2D eigenvalue weighted by atomic mass is 32.2. The molecular weight excluding hydrogens is 415 g/mol. The van der Waals surface area contributed by atoms with Crippen LogP contribution >= 0.6 is 0 Å². The molecule has 2 aromatic rings. The molecule has 2 atom stereocenters. The summed E-state index contributed by atoms with van der Waals surface area (Å²) in [7, 11) is -4.42. The average molecular weight is 436 g/mol. The summed E-state index contributed by atoms with van der Waals surface area (Å²) in [5.74, 6) is -0.894. The van der Waals surface area contributed by atoms with Gasteiger partial charge in [-0.25, -0.2) is 12.8 Å². The summed E-state index contributed by atoms with van der Waals surface area (Å²) >= 11 is 0. The lowest BCUT2D eigenvalue weighted by Crippen LogP contribution is -2.51. The lowest BCUT2D eigenvalue weighted by molar-refractivity contribution is -0.387. The van der Waals surface area contributed by atoms with Crippen LogP contribution in [0.2, 0.25) is 0 Å². The van der Waals surface area contributed by atoms with Crippen LogP contribution in [-0.4, -0.2) is 40.5 Å². The summed E-state index contributed by atoms with van der Waals surface area (Å²) < 4.78 is 41.5. The van der Waals surface area contributed by atoms with E-state index in [9.17, 15) is 33.1 Å². The van der Waals surface area contributed by atoms with Crippen LogP contribution in [0.15, 0.2) is 47.4 Å². The predicted molar refractivity (Wildman–Crippen MR) is 104 cm³/mol. The number of nitrogens with zero attached hydrogens (tertiary/aromatic N) is 2. The molecular formula is C20H21FN2O6S. The number of benzene rings is 2. The molecule has 160 valence electrons. The zero-order chi connectivity index (χ0) is 21.7. The standard InChI is InChI=1S/C20H21FN2O6S/c21-15-8-9-16-13(10-15)11-22(12-19(24)20(16,25)14-4-3-5-14)30(28,29)18-7-2-1-6-17(18)23(26)27/h1-2,6-10,14,19,24-25H,3-5,11-12H2/t19-,20+/m0/s1. The third kappa shape index (κ3) is 3.20. The second-order valence-corrected chi connectivity index (χ2v) is 9.70. The Bertz CT molecular complexity index is 1100. The number of hydrogen-bond donors (Lipinski definition) is 2. The molecule has 8 nitrogen and oxygen atoms in total. The molecule has 1 saturated carbocycles. The smallest absolute Gasteiger partial charge is 0.289 e. The van der Waals surface area contributed by atoms with Crippen molar-refractivity contribution in [2.24, 2.45) is 5.92 Å². The molecule has 1 aliphatic carbocycles. The van der Waals surface area contributed by atoms with Crippen LogP contribution in [0.1, 0.15) is 30.4 Å². The van der Waals surface area contributed by atoms with E-state index >= 15 is 0 Å². The third-order valence-corrected chi connectivity index (χ3v) is 8.00. The molecule has 4 rings (SSSR count). The highest BCUT2D eigenvalue weighted by Crippen LogP contribution is 2.47. The van der Waals surface area contributed by atoms with Crippen LogP contribution in [0.25, 0.3) is 0 Å². The molecule has 1 fully saturated rings. The zero-order valence-corrected chi connectivity index (χ0v) is 16.8. The van der Waals surface area contributed by atoms with E-state index in [0.29, 0.717) is 18.4 Å². The summed E-state index contributed by atoms with van der Waals surface area (Å²) in [4.78, 5) is 10.0. The Morgan fingerprint density at radius 1 is 1.20 bits per heavy atom. The lowest BCUT2D eigenvalue weighted by atomic mass is 9.66. The molecule has 0 saturated heterocycles. The highest BCUT2D eigenvalue weighted by Gasteiger charge is 2.51. The summed E-state index contributed by atoms with van der Waals surface area (Å²) in [5.41, 5.74) is -1.80. The van der Waals surface area contributed by atoms with E-state index in [4.69, 9.17) is 0 Å². The van der Waals surface area contributed by atoms with Crippen LogP contribution < -0.4 is 0 Å². The summed E-state index contributed by atoms with van der Waals surface area (Å²) in [6.45, 7) is -0.800. The molecule has 2 aromatic carbocycles. The van der Waals surface area contributed by atoms with Crippen molar-refractivity contribution in [3.63, 3.8) is 0 Å². The molecule has 0 bridgehead atoms. The van der Waals surface area contributed by atoms with Gasteiger partial charge in [0.2, 0.25) is 10.0 Å². The van der Waals surface area contributed by atoms with Gasteiger partial charge < -0.3 is 10.2 Å². The molecule has 0 amide bonds. The van der Waals surface area contributed by atoms with Crippen molar-refractivity contribution in [1.29, 1.82) is 0 Å². The molecule has 1 aliphatic heterocycles. The third-order valence-electron chi connectivity index (χ3n) is 6.14. The first kappa shape index (κ1) is 20.9. The van der Waals surface area contributed by atoms with E-state index in [1.54, 1.807) is 0 Å². The topological polar surface area (TPSA) is 121 Å². The minimum Gasteiger partial charge on any atom is -0.388 e. The van der Waals surface area contributed by atoms with E-state index in [2.05, 4.69) is 0 Å². The second-order valence-electron chi connectivity index (χ2n) is 7.79. The van der Waals surface area contributed by atoms with Gasteiger partial charge in [-0.1, -0.05) is 24.6 Å². The van der Waals surface area contributed by atoms with Crippen LogP contribution in [-0.2, 0) is 22.2 Å². The number of β-amino-alcohol motifs (C(OH)–C–C–N with tert-alkyl or cyclic N) is 1. The van der Waals surface area contributed by atoms with Crippen molar-refractivity contribution in [1.82, 2.24) is 4.31 Å². The number of fused-ring (bicyclic) bond motifs is 1. The Hall–Kier alpha value is -2.40. The second kappa shape index (κ2) is 7.38. The van der Waals surface area contributed by atoms with Gasteiger partial charge in [-0.05, 0) is 48.1 Å². The number of sulfonamides is 1.